The number of para-hydroxylation sites is 1. The third-order valence-corrected chi connectivity index (χ3v) is 4.34. The second-order valence-corrected chi connectivity index (χ2v) is 5.81. The van der Waals surface area contributed by atoms with Crippen molar-refractivity contribution in [2.24, 2.45) is 5.92 Å². The van der Waals surface area contributed by atoms with Gasteiger partial charge < -0.3 is 15.3 Å². The Morgan fingerprint density at radius 1 is 1.38 bits per heavy atom. The van der Waals surface area contributed by atoms with Crippen LogP contribution >= 0.6 is 0 Å². The van der Waals surface area contributed by atoms with Crippen molar-refractivity contribution in [2.75, 3.05) is 24.6 Å². The largest absolute Gasteiger partial charge is 0.394 e. The molecule has 1 aromatic carbocycles. The first-order valence-electron chi connectivity index (χ1n) is 7.93. The van der Waals surface area contributed by atoms with E-state index in [4.69, 9.17) is 0 Å². The van der Waals surface area contributed by atoms with Crippen LogP contribution in [0.5, 0.6) is 0 Å². The number of carbonyl (C=O) groups excluding carboxylic acids is 1. The fourth-order valence-electron chi connectivity index (χ4n) is 2.66. The molecule has 1 aliphatic rings. The van der Waals surface area contributed by atoms with Gasteiger partial charge in [-0.1, -0.05) is 31.5 Å². The van der Waals surface area contributed by atoms with Crippen molar-refractivity contribution >= 4 is 11.6 Å². The summed E-state index contributed by atoms with van der Waals surface area (Å²) in [6, 6.07) is 9.81. The van der Waals surface area contributed by atoms with E-state index in [0.717, 1.165) is 18.7 Å². The van der Waals surface area contributed by atoms with E-state index in [1.54, 1.807) is 0 Å². The van der Waals surface area contributed by atoms with Crippen LogP contribution in [0.25, 0.3) is 0 Å². The zero-order chi connectivity index (χ0) is 15.1. The molecule has 2 N–H and O–H groups in total. The fourth-order valence-corrected chi connectivity index (χ4v) is 2.66. The third-order valence-electron chi connectivity index (χ3n) is 4.34. The van der Waals surface area contributed by atoms with Crippen molar-refractivity contribution in [3.63, 3.8) is 0 Å². The van der Waals surface area contributed by atoms with Crippen LogP contribution in [-0.2, 0) is 4.79 Å². The quantitative estimate of drug-likeness (QED) is 0.771. The number of carbonyl (C=O) groups is 1. The molecule has 0 spiro atoms. The Bertz CT molecular complexity index is 428. The fraction of sp³-hybridized carbons (Fsp3) is 0.588. The summed E-state index contributed by atoms with van der Waals surface area (Å²) in [7, 11) is 0. The molecule has 0 bridgehead atoms. The molecule has 1 aliphatic carbocycles. The van der Waals surface area contributed by atoms with Gasteiger partial charge in [0, 0.05) is 12.2 Å². The van der Waals surface area contributed by atoms with Gasteiger partial charge in [-0.2, -0.15) is 0 Å². The summed E-state index contributed by atoms with van der Waals surface area (Å²) in [5, 5.41) is 12.6. The summed E-state index contributed by atoms with van der Waals surface area (Å²) in [5.41, 5.74) is 0.984. The summed E-state index contributed by atoms with van der Waals surface area (Å²) in [6.45, 7) is 3.18. The lowest BCUT2D eigenvalue weighted by molar-refractivity contribution is -0.120. The van der Waals surface area contributed by atoms with Gasteiger partial charge in [0.05, 0.1) is 19.2 Å². The Labute approximate surface area is 127 Å². The Balaban J connectivity index is 1.96. The van der Waals surface area contributed by atoms with E-state index >= 15 is 0 Å². The summed E-state index contributed by atoms with van der Waals surface area (Å²) >= 11 is 0. The highest BCUT2D eigenvalue weighted by Gasteiger charge is 2.21. The van der Waals surface area contributed by atoms with Crippen molar-refractivity contribution in [1.29, 1.82) is 0 Å². The third kappa shape index (κ3) is 4.46. The summed E-state index contributed by atoms with van der Waals surface area (Å²) in [6.07, 6.45) is 4.56. The Morgan fingerprint density at radius 3 is 2.62 bits per heavy atom. The molecular weight excluding hydrogens is 264 g/mol. The maximum atomic E-state index is 12.2. The maximum Gasteiger partial charge on any atom is 0.239 e. The van der Waals surface area contributed by atoms with Crippen molar-refractivity contribution in [2.45, 2.75) is 38.6 Å². The van der Waals surface area contributed by atoms with Gasteiger partial charge in [-0.25, -0.2) is 0 Å². The van der Waals surface area contributed by atoms with Gasteiger partial charge in [0.15, 0.2) is 0 Å². The molecule has 0 aliphatic heterocycles. The number of nitrogens with zero attached hydrogens (tertiary/aromatic N) is 1. The van der Waals surface area contributed by atoms with E-state index < -0.39 is 0 Å². The number of aliphatic hydroxyl groups is 1. The number of rotatable bonds is 8. The van der Waals surface area contributed by atoms with Gasteiger partial charge in [-0.3, -0.25) is 4.79 Å². The van der Waals surface area contributed by atoms with Crippen molar-refractivity contribution < 1.29 is 9.90 Å². The Morgan fingerprint density at radius 2 is 2.10 bits per heavy atom. The second-order valence-electron chi connectivity index (χ2n) is 5.81. The molecule has 1 unspecified atom stereocenters. The predicted octanol–water partition coefficient (Wildman–Crippen LogP) is 2.18. The average Bonchev–Trinajstić information content (AvgIpc) is 2.46. The lowest BCUT2D eigenvalue weighted by Crippen LogP contribution is -2.45. The van der Waals surface area contributed by atoms with Crippen LogP contribution in [0.3, 0.4) is 0 Å². The van der Waals surface area contributed by atoms with Crippen LogP contribution in [-0.4, -0.2) is 36.8 Å². The SMILES string of the molecule is CCC(CO)N(CC(=O)NCC1CCC1)c1ccccc1. The van der Waals surface area contributed by atoms with E-state index in [9.17, 15) is 9.90 Å². The van der Waals surface area contributed by atoms with E-state index in [2.05, 4.69) is 5.32 Å². The highest BCUT2D eigenvalue weighted by atomic mass is 16.3. The minimum atomic E-state index is -0.0261. The highest BCUT2D eigenvalue weighted by Crippen LogP contribution is 2.25. The molecule has 0 heterocycles. The van der Waals surface area contributed by atoms with Gasteiger partial charge in [-0.15, -0.1) is 0 Å². The predicted molar refractivity (Wildman–Crippen MR) is 85.3 cm³/mol. The topological polar surface area (TPSA) is 52.6 Å². The van der Waals surface area contributed by atoms with Crippen LogP contribution < -0.4 is 10.2 Å². The first-order valence-corrected chi connectivity index (χ1v) is 7.93. The number of nitrogens with one attached hydrogen (secondary N) is 1. The summed E-state index contributed by atoms with van der Waals surface area (Å²) in [4.78, 5) is 14.2. The smallest absolute Gasteiger partial charge is 0.239 e. The van der Waals surface area contributed by atoms with Gasteiger partial charge in [0.2, 0.25) is 5.91 Å². The molecular formula is C17H26N2O2. The lowest BCUT2D eigenvalue weighted by Gasteiger charge is -2.32. The van der Waals surface area contributed by atoms with Gasteiger partial charge in [-0.05, 0) is 37.3 Å². The molecule has 21 heavy (non-hydrogen) atoms. The molecule has 1 amide bonds. The molecule has 116 valence electrons. The number of anilines is 1. The molecule has 1 aromatic rings. The lowest BCUT2D eigenvalue weighted by atomic mass is 9.85. The summed E-state index contributed by atoms with van der Waals surface area (Å²) in [5.74, 6) is 0.705. The normalized spacial score (nSPS) is 16.1. The monoisotopic (exact) mass is 290 g/mol. The van der Waals surface area contributed by atoms with Crippen molar-refractivity contribution in [3.05, 3.63) is 30.3 Å². The van der Waals surface area contributed by atoms with Crippen LogP contribution in [0, 0.1) is 5.92 Å². The van der Waals surface area contributed by atoms with Crippen LogP contribution in [0.2, 0.25) is 0 Å². The zero-order valence-electron chi connectivity index (χ0n) is 12.8. The van der Waals surface area contributed by atoms with E-state index in [0.29, 0.717) is 12.5 Å². The van der Waals surface area contributed by atoms with Crippen molar-refractivity contribution in [3.8, 4) is 0 Å². The number of hydrogen-bond acceptors (Lipinski definition) is 3. The Kier molecular flexibility index (Phi) is 6.05. The number of hydrogen-bond donors (Lipinski definition) is 2. The van der Waals surface area contributed by atoms with E-state index in [1.165, 1.54) is 19.3 Å². The number of benzene rings is 1. The molecule has 1 atom stereocenters. The standard InChI is InChI=1S/C17H26N2O2/c1-2-15(13-20)19(16-9-4-3-5-10-16)12-17(21)18-11-14-7-6-8-14/h3-5,9-10,14-15,20H,2,6-8,11-13H2,1H3,(H,18,21). The first-order chi connectivity index (χ1) is 10.2. The Hall–Kier alpha value is -1.55. The minimum absolute atomic E-state index is 0.0261. The number of amides is 1. The maximum absolute atomic E-state index is 12.2. The van der Waals surface area contributed by atoms with E-state index in [1.807, 2.05) is 42.2 Å². The first kappa shape index (κ1) is 15.8. The van der Waals surface area contributed by atoms with Gasteiger partial charge in [0.1, 0.15) is 0 Å². The average molecular weight is 290 g/mol. The highest BCUT2D eigenvalue weighted by molar-refractivity contribution is 5.81. The molecule has 0 radical (unpaired) electrons. The zero-order valence-corrected chi connectivity index (χ0v) is 12.8. The molecule has 0 saturated heterocycles. The molecule has 4 heteroatoms. The number of aliphatic hydroxyl groups excluding tert-OH is 1. The van der Waals surface area contributed by atoms with Crippen LogP contribution in [0.15, 0.2) is 30.3 Å². The molecule has 1 fully saturated rings. The van der Waals surface area contributed by atoms with Crippen LogP contribution in [0.4, 0.5) is 5.69 Å². The summed E-state index contributed by atoms with van der Waals surface area (Å²) < 4.78 is 0. The van der Waals surface area contributed by atoms with Crippen LogP contribution in [0.1, 0.15) is 32.6 Å². The van der Waals surface area contributed by atoms with Gasteiger partial charge >= 0.3 is 0 Å². The van der Waals surface area contributed by atoms with Crippen molar-refractivity contribution in [1.82, 2.24) is 5.32 Å². The van der Waals surface area contributed by atoms with Gasteiger partial charge in [0.25, 0.3) is 0 Å². The molecule has 4 nitrogen and oxygen atoms in total. The minimum Gasteiger partial charge on any atom is -0.394 e. The molecule has 2 rings (SSSR count). The second kappa shape index (κ2) is 8.03. The molecule has 1 saturated carbocycles. The van der Waals surface area contributed by atoms with E-state index in [-0.39, 0.29) is 18.6 Å². The molecule has 0 aromatic heterocycles.